The highest BCUT2D eigenvalue weighted by Gasteiger charge is 2.30. The van der Waals surface area contributed by atoms with Crippen molar-refractivity contribution in [1.29, 1.82) is 0 Å². The lowest BCUT2D eigenvalue weighted by Crippen LogP contribution is -2.25. The van der Waals surface area contributed by atoms with Crippen LogP contribution in [-0.4, -0.2) is 12.5 Å². The van der Waals surface area contributed by atoms with Crippen molar-refractivity contribution in [2.75, 3.05) is 11.4 Å². The van der Waals surface area contributed by atoms with E-state index in [2.05, 4.69) is 0 Å². The quantitative estimate of drug-likeness (QED) is 0.721. The Morgan fingerprint density at radius 1 is 1.14 bits per heavy atom. The maximum Gasteiger partial charge on any atom is 0.258 e. The van der Waals surface area contributed by atoms with E-state index in [1.807, 2.05) is 43.3 Å². The average molecular weight is 318 g/mol. The van der Waals surface area contributed by atoms with E-state index in [0.717, 1.165) is 16.8 Å². The molecule has 1 aliphatic heterocycles. The number of fused-ring (bicyclic) bond motifs is 1. The zero-order chi connectivity index (χ0) is 15.0. The molecule has 3 rings (SSSR count). The topological polar surface area (TPSA) is 20.3 Å². The predicted octanol–water partition coefficient (Wildman–Crippen LogP) is 4.90. The molecule has 2 aromatic carbocycles. The number of hydrogen-bond acceptors (Lipinski definition) is 1. The van der Waals surface area contributed by atoms with Crippen LogP contribution < -0.4 is 4.90 Å². The molecule has 2 aromatic rings. The molecule has 0 aromatic heterocycles. The number of para-hydroxylation sites is 1. The summed E-state index contributed by atoms with van der Waals surface area (Å²) in [6.45, 7) is 2.61. The van der Waals surface area contributed by atoms with Crippen LogP contribution in [0.1, 0.15) is 18.1 Å². The van der Waals surface area contributed by atoms with E-state index >= 15 is 0 Å². The fourth-order valence-corrected chi connectivity index (χ4v) is 3.00. The Hall–Kier alpha value is -1.77. The van der Waals surface area contributed by atoms with Crippen molar-refractivity contribution < 1.29 is 4.79 Å². The van der Waals surface area contributed by atoms with Crippen molar-refractivity contribution in [1.82, 2.24) is 0 Å². The molecular formula is C17H13Cl2NO. The summed E-state index contributed by atoms with van der Waals surface area (Å²) in [5.41, 5.74) is 3.34. The molecule has 2 nitrogen and oxygen atoms in total. The Labute approximate surface area is 133 Å². The SMILES string of the molecule is CCN1C(=O)/C(=C\c2ccc(Cl)cc2Cl)c2ccccc21. The second kappa shape index (κ2) is 5.55. The van der Waals surface area contributed by atoms with Gasteiger partial charge in [-0.05, 0) is 36.8 Å². The van der Waals surface area contributed by atoms with Crippen LogP contribution in [0, 0.1) is 0 Å². The normalized spacial score (nSPS) is 15.7. The molecule has 0 unspecified atom stereocenters. The monoisotopic (exact) mass is 317 g/mol. The van der Waals surface area contributed by atoms with Gasteiger partial charge in [-0.2, -0.15) is 0 Å². The van der Waals surface area contributed by atoms with Crippen LogP contribution in [0.2, 0.25) is 10.0 Å². The summed E-state index contributed by atoms with van der Waals surface area (Å²) in [7, 11) is 0. The Balaban J connectivity index is 2.14. The molecular weight excluding hydrogens is 305 g/mol. The maximum atomic E-state index is 12.6. The second-order valence-corrected chi connectivity index (χ2v) is 5.63. The Bertz CT molecular complexity index is 752. The van der Waals surface area contributed by atoms with E-state index < -0.39 is 0 Å². The third-order valence-corrected chi connectivity index (χ3v) is 4.10. The van der Waals surface area contributed by atoms with Gasteiger partial charge in [0.2, 0.25) is 0 Å². The van der Waals surface area contributed by atoms with E-state index in [9.17, 15) is 4.79 Å². The Morgan fingerprint density at radius 3 is 2.62 bits per heavy atom. The second-order valence-electron chi connectivity index (χ2n) is 4.79. The smallest absolute Gasteiger partial charge is 0.258 e. The third kappa shape index (κ3) is 2.45. The van der Waals surface area contributed by atoms with Crippen LogP contribution in [0.25, 0.3) is 11.6 Å². The fourth-order valence-electron chi connectivity index (χ4n) is 2.53. The van der Waals surface area contributed by atoms with E-state index in [-0.39, 0.29) is 5.91 Å². The van der Waals surface area contributed by atoms with Crippen molar-refractivity contribution in [2.24, 2.45) is 0 Å². The number of carbonyl (C=O) groups excluding carboxylic acids is 1. The number of halogens is 2. The number of benzene rings is 2. The average Bonchev–Trinajstić information content (AvgIpc) is 2.74. The van der Waals surface area contributed by atoms with E-state index in [0.29, 0.717) is 22.2 Å². The zero-order valence-corrected chi connectivity index (χ0v) is 12.9. The standard InChI is InChI=1S/C17H13Cl2NO/c1-2-20-16-6-4-3-5-13(16)14(17(20)21)9-11-7-8-12(18)10-15(11)19/h3-10H,2H2,1H3/b14-9-. The van der Waals surface area contributed by atoms with Crippen LogP contribution in [0.3, 0.4) is 0 Å². The maximum absolute atomic E-state index is 12.6. The molecule has 0 saturated carbocycles. The molecule has 21 heavy (non-hydrogen) atoms. The first-order valence-corrected chi connectivity index (χ1v) is 7.45. The summed E-state index contributed by atoms with van der Waals surface area (Å²) in [5.74, 6) is 0.00437. The van der Waals surface area contributed by atoms with Gasteiger partial charge in [0.25, 0.3) is 5.91 Å². The van der Waals surface area contributed by atoms with Gasteiger partial charge >= 0.3 is 0 Å². The minimum absolute atomic E-state index is 0.00437. The molecule has 1 amide bonds. The lowest BCUT2D eigenvalue weighted by Gasteiger charge is -2.13. The number of rotatable bonds is 2. The van der Waals surface area contributed by atoms with Gasteiger partial charge in [0.1, 0.15) is 0 Å². The molecule has 0 spiro atoms. The van der Waals surface area contributed by atoms with Crippen molar-refractivity contribution >= 4 is 46.4 Å². The summed E-state index contributed by atoms with van der Waals surface area (Å²) in [6.07, 6.45) is 1.83. The highest BCUT2D eigenvalue weighted by Crippen LogP contribution is 2.38. The largest absolute Gasteiger partial charge is 0.308 e. The number of carbonyl (C=O) groups is 1. The predicted molar refractivity (Wildman–Crippen MR) is 88.8 cm³/mol. The molecule has 0 atom stereocenters. The Morgan fingerprint density at radius 2 is 1.90 bits per heavy atom. The summed E-state index contributed by atoms with van der Waals surface area (Å²) >= 11 is 12.1. The molecule has 0 fully saturated rings. The van der Waals surface area contributed by atoms with Gasteiger partial charge in [-0.25, -0.2) is 0 Å². The van der Waals surface area contributed by atoms with Gasteiger partial charge < -0.3 is 4.90 Å². The summed E-state index contributed by atoms with van der Waals surface area (Å²) < 4.78 is 0. The molecule has 0 aliphatic carbocycles. The molecule has 106 valence electrons. The molecule has 1 heterocycles. The van der Waals surface area contributed by atoms with Crippen molar-refractivity contribution in [3.8, 4) is 0 Å². The van der Waals surface area contributed by atoms with Gasteiger partial charge in [0.05, 0.1) is 5.69 Å². The number of nitrogens with zero attached hydrogens (tertiary/aromatic N) is 1. The third-order valence-electron chi connectivity index (χ3n) is 3.54. The lowest BCUT2D eigenvalue weighted by molar-refractivity contribution is -0.112. The minimum atomic E-state index is 0.00437. The van der Waals surface area contributed by atoms with E-state index in [4.69, 9.17) is 23.2 Å². The summed E-state index contributed by atoms with van der Waals surface area (Å²) in [4.78, 5) is 14.3. The van der Waals surface area contributed by atoms with Crippen LogP contribution in [0.4, 0.5) is 5.69 Å². The van der Waals surface area contributed by atoms with E-state index in [1.54, 1.807) is 17.0 Å². The molecule has 1 aliphatic rings. The van der Waals surface area contributed by atoms with Crippen LogP contribution in [0.5, 0.6) is 0 Å². The number of likely N-dealkylation sites (N-methyl/N-ethyl adjacent to an activating group) is 1. The van der Waals surface area contributed by atoms with E-state index in [1.165, 1.54) is 0 Å². The van der Waals surface area contributed by atoms with Gasteiger partial charge in [-0.1, -0.05) is 47.5 Å². The zero-order valence-electron chi connectivity index (χ0n) is 11.4. The molecule has 4 heteroatoms. The molecule has 0 bridgehead atoms. The van der Waals surface area contributed by atoms with Gasteiger partial charge in [-0.15, -0.1) is 0 Å². The molecule has 0 N–H and O–H groups in total. The van der Waals surface area contributed by atoms with Crippen molar-refractivity contribution in [3.05, 3.63) is 63.6 Å². The number of hydrogen-bond donors (Lipinski definition) is 0. The first kappa shape index (κ1) is 14.2. The molecule has 0 saturated heterocycles. The number of anilines is 1. The highest BCUT2D eigenvalue weighted by molar-refractivity contribution is 6.38. The minimum Gasteiger partial charge on any atom is -0.308 e. The summed E-state index contributed by atoms with van der Waals surface area (Å²) in [5, 5.41) is 1.12. The summed E-state index contributed by atoms with van der Waals surface area (Å²) in [6, 6.07) is 13.1. The van der Waals surface area contributed by atoms with Gasteiger partial charge in [0, 0.05) is 27.7 Å². The van der Waals surface area contributed by atoms with Crippen LogP contribution in [-0.2, 0) is 4.79 Å². The number of amides is 1. The fraction of sp³-hybridized carbons (Fsp3) is 0.118. The van der Waals surface area contributed by atoms with Crippen molar-refractivity contribution in [3.63, 3.8) is 0 Å². The van der Waals surface area contributed by atoms with Crippen LogP contribution in [0.15, 0.2) is 42.5 Å². The van der Waals surface area contributed by atoms with Crippen LogP contribution >= 0.6 is 23.2 Å². The first-order valence-electron chi connectivity index (χ1n) is 6.70. The Kier molecular flexibility index (Phi) is 3.75. The molecule has 0 radical (unpaired) electrons. The first-order chi connectivity index (χ1) is 10.1. The highest BCUT2D eigenvalue weighted by atomic mass is 35.5. The van der Waals surface area contributed by atoms with Crippen molar-refractivity contribution in [2.45, 2.75) is 6.92 Å². The lowest BCUT2D eigenvalue weighted by atomic mass is 10.0. The van der Waals surface area contributed by atoms with Gasteiger partial charge in [0.15, 0.2) is 0 Å². The van der Waals surface area contributed by atoms with Gasteiger partial charge in [-0.3, -0.25) is 4.79 Å².